The van der Waals surface area contributed by atoms with Gasteiger partial charge in [0.25, 0.3) is 0 Å². The minimum atomic E-state index is -0.0642. The summed E-state index contributed by atoms with van der Waals surface area (Å²) < 4.78 is 0. The van der Waals surface area contributed by atoms with E-state index in [1.54, 1.807) is 16.2 Å². The second kappa shape index (κ2) is 12.9. The molecule has 0 N–H and O–H groups in total. The van der Waals surface area contributed by atoms with Crippen LogP contribution in [0.15, 0.2) is 35.7 Å². The van der Waals surface area contributed by atoms with Crippen molar-refractivity contribution in [1.82, 2.24) is 9.80 Å². The molecule has 1 aliphatic heterocycles. The lowest BCUT2D eigenvalue weighted by molar-refractivity contribution is -0.141. The van der Waals surface area contributed by atoms with Crippen molar-refractivity contribution in [2.45, 2.75) is 84.6 Å². The molecular formula is C28H40N2O2S. The minimum absolute atomic E-state index is 0.0508. The normalized spacial score (nSPS) is 15.4. The first-order valence-electron chi connectivity index (χ1n) is 12.8. The number of benzene rings is 1. The van der Waals surface area contributed by atoms with Crippen LogP contribution < -0.4 is 0 Å². The molecule has 0 saturated carbocycles. The van der Waals surface area contributed by atoms with Gasteiger partial charge in [0.05, 0.1) is 12.6 Å². The van der Waals surface area contributed by atoms with Crippen LogP contribution in [0.4, 0.5) is 0 Å². The summed E-state index contributed by atoms with van der Waals surface area (Å²) >= 11 is 1.78. The van der Waals surface area contributed by atoms with Crippen LogP contribution in [0.2, 0.25) is 0 Å². The van der Waals surface area contributed by atoms with Crippen molar-refractivity contribution >= 4 is 23.2 Å². The van der Waals surface area contributed by atoms with Gasteiger partial charge < -0.3 is 9.80 Å². The number of unbranched alkanes of at least 4 members (excludes halogenated alkanes) is 6. The van der Waals surface area contributed by atoms with Gasteiger partial charge in [0.15, 0.2) is 0 Å². The van der Waals surface area contributed by atoms with Crippen LogP contribution in [0.3, 0.4) is 0 Å². The topological polar surface area (TPSA) is 40.6 Å². The van der Waals surface area contributed by atoms with Gasteiger partial charge in [-0.1, -0.05) is 69.7 Å². The number of amides is 2. The Kier molecular flexibility index (Phi) is 9.98. The summed E-state index contributed by atoms with van der Waals surface area (Å²) in [5, 5.41) is 2.13. The van der Waals surface area contributed by atoms with Crippen LogP contribution in [0.25, 0.3) is 0 Å². The summed E-state index contributed by atoms with van der Waals surface area (Å²) in [6, 6.07) is 10.4. The first-order valence-corrected chi connectivity index (χ1v) is 13.6. The molecule has 0 radical (unpaired) electrons. The van der Waals surface area contributed by atoms with E-state index in [1.165, 1.54) is 53.7 Å². The van der Waals surface area contributed by atoms with Crippen molar-refractivity contribution in [2.75, 3.05) is 19.6 Å². The Hall–Kier alpha value is -2.14. The van der Waals surface area contributed by atoms with Crippen LogP contribution in [-0.4, -0.2) is 41.2 Å². The molecule has 0 saturated heterocycles. The molecular weight excluding hydrogens is 428 g/mol. The van der Waals surface area contributed by atoms with Crippen LogP contribution in [0, 0.1) is 6.92 Å². The zero-order chi connectivity index (χ0) is 23.6. The summed E-state index contributed by atoms with van der Waals surface area (Å²) in [7, 11) is 0. The smallest absolute Gasteiger partial charge is 0.242 e. The van der Waals surface area contributed by atoms with Crippen LogP contribution >= 0.6 is 11.3 Å². The van der Waals surface area contributed by atoms with Crippen molar-refractivity contribution in [3.63, 3.8) is 0 Å². The van der Waals surface area contributed by atoms with E-state index in [0.29, 0.717) is 19.5 Å². The van der Waals surface area contributed by atoms with E-state index in [9.17, 15) is 9.59 Å². The Morgan fingerprint density at radius 2 is 1.73 bits per heavy atom. The second-order valence-corrected chi connectivity index (χ2v) is 10.2. The molecule has 1 unspecified atom stereocenters. The highest BCUT2D eigenvalue weighted by Gasteiger charge is 2.34. The highest BCUT2D eigenvalue weighted by Crippen LogP contribution is 2.39. The van der Waals surface area contributed by atoms with Gasteiger partial charge in [0.1, 0.15) is 0 Å². The maximum atomic E-state index is 13.5. The van der Waals surface area contributed by atoms with Crippen molar-refractivity contribution in [2.24, 2.45) is 0 Å². The third-order valence-corrected chi connectivity index (χ3v) is 7.82. The summed E-state index contributed by atoms with van der Waals surface area (Å²) in [5.74, 6) is 0.162. The highest BCUT2D eigenvalue weighted by molar-refractivity contribution is 7.10. The van der Waals surface area contributed by atoms with Crippen LogP contribution in [0.5, 0.6) is 0 Å². The first kappa shape index (κ1) is 25.5. The Balaban J connectivity index is 1.62. The predicted octanol–water partition coefficient (Wildman–Crippen LogP) is 6.52. The van der Waals surface area contributed by atoms with Crippen molar-refractivity contribution < 1.29 is 9.59 Å². The number of carbonyl (C=O) groups excluding carboxylic acids is 2. The Labute approximate surface area is 204 Å². The quantitative estimate of drug-likeness (QED) is 0.333. The summed E-state index contributed by atoms with van der Waals surface area (Å²) in [5.41, 5.74) is 3.62. The molecule has 0 fully saturated rings. The monoisotopic (exact) mass is 468 g/mol. The molecule has 1 aromatic heterocycles. The van der Waals surface area contributed by atoms with Gasteiger partial charge in [-0.05, 0) is 54.8 Å². The predicted molar refractivity (Wildman–Crippen MR) is 138 cm³/mol. The number of hydrogen-bond acceptors (Lipinski definition) is 3. The molecule has 2 aromatic rings. The van der Waals surface area contributed by atoms with Gasteiger partial charge in [-0.15, -0.1) is 11.3 Å². The third kappa shape index (κ3) is 6.69. The molecule has 0 aliphatic carbocycles. The molecule has 2 heterocycles. The summed E-state index contributed by atoms with van der Waals surface area (Å²) in [4.78, 5) is 31.5. The maximum absolute atomic E-state index is 13.5. The molecule has 1 atom stereocenters. The third-order valence-electron chi connectivity index (χ3n) is 6.82. The molecule has 5 heteroatoms. The van der Waals surface area contributed by atoms with Gasteiger partial charge in [-0.25, -0.2) is 0 Å². The van der Waals surface area contributed by atoms with Gasteiger partial charge in [-0.3, -0.25) is 9.59 Å². The molecule has 1 aliphatic rings. The fourth-order valence-corrected chi connectivity index (χ4v) is 5.74. The van der Waals surface area contributed by atoms with Crippen molar-refractivity contribution in [3.05, 3.63) is 57.3 Å². The number of likely N-dealkylation sites (N-methyl/N-ethyl adjacent to an activating group) is 1. The number of nitrogens with zero attached hydrogens (tertiary/aromatic N) is 2. The number of fused-ring (bicyclic) bond motifs is 1. The second-order valence-electron chi connectivity index (χ2n) is 9.17. The lowest BCUT2D eigenvalue weighted by atomic mass is 9.90. The number of rotatable bonds is 12. The van der Waals surface area contributed by atoms with E-state index >= 15 is 0 Å². The average Bonchev–Trinajstić information content (AvgIpc) is 3.30. The molecule has 2 amide bonds. The molecule has 0 spiro atoms. The Bertz CT molecular complexity index is 907. The van der Waals surface area contributed by atoms with Crippen LogP contribution in [-0.2, 0) is 16.0 Å². The van der Waals surface area contributed by atoms with Crippen molar-refractivity contribution in [1.29, 1.82) is 0 Å². The van der Waals surface area contributed by atoms with Gasteiger partial charge in [0.2, 0.25) is 11.8 Å². The number of aryl methyl sites for hydroxylation is 1. The lowest BCUT2D eigenvalue weighted by Gasteiger charge is -2.38. The Morgan fingerprint density at radius 3 is 2.45 bits per heavy atom. The van der Waals surface area contributed by atoms with E-state index in [-0.39, 0.29) is 24.4 Å². The van der Waals surface area contributed by atoms with Gasteiger partial charge >= 0.3 is 0 Å². The molecule has 33 heavy (non-hydrogen) atoms. The fraction of sp³-hybridized carbons (Fsp3) is 0.571. The Morgan fingerprint density at radius 1 is 1.00 bits per heavy atom. The van der Waals surface area contributed by atoms with Crippen LogP contribution in [0.1, 0.15) is 92.8 Å². The van der Waals surface area contributed by atoms with E-state index in [2.05, 4.69) is 43.5 Å². The SMILES string of the molecule is CCCCCCCCCC(=O)N(CC)CC(=O)N1CCc2sccc2C1c1ccccc1C. The van der Waals surface area contributed by atoms with Gasteiger partial charge in [0, 0.05) is 24.4 Å². The van der Waals surface area contributed by atoms with Crippen molar-refractivity contribution in [3.8, 4) is 0 Å². The number of thiophene rings is 1. The minimum Gasteiger partial charge on any atom is -0.334 e. The zero-order valence-corrected chi connectivity index (χ0v) is 21.5. The molecule has 0 bridgehead atoms. The van der Waals surface area contributed by atoms with E-state index < -0.39 is 0 Å². The molecule has 180 valence electrons. The number of carbonyl (C=O) groups is 2. The van der Waals surface area contributed by atoms with E-state index in [1.807, 2.05) is 17.9 Å². The lowest BCUT2D eigenvalue weighted by Crippen LogP contribution is -2.46. The van der Waals surface area contributed by atoms with Gasteiger partial charge in [-0.2, -0.15) is 0 Å². The highest BCUT2D eigenvalue weighted by atomic mass is 32.1. The molecule has 3 rings (SSSR count). The standard InChI is InChI=1S/C28H40N2O2S/c1-4-6-7-8-9-10-11-16-26(31)29(5-2)21-27(32)30-19-17-25-24(18-20-33-25)28(30)23-15-13-12-14-22(23)3/h12-15,18,20,28H,4-11,16-17,19,21H2,1-3H3. The molecule has 1 aromatic carbocycles. The van der Waals surface area contributed by atoms with E-state index in [0.717, 1.165) is 19.3 Å². The first-order chi connectivity index (χ1) is 16.1. The fourth-order valence-electron chi connectivity index (χ4n) is 4.84. The summed E-state index contributed by atoms with van der Waals surface area (Å²) in [6.07, 6.45) is 9.77. The average molecular weight is 469 g/mol. The molecule has 4 nitrogen and oxygen atoms in total. The largest absolute Gasteiger partial charge is 0.334 e. The maximum Gasteiger partial charge on any atom is 0.242 e. The number of hydrogen-bond donors (Lipinski definition) is 0. The summed E-state index contributed by atoms with van der Waals surface area (Å²) in [6.45, 7) is 7.77. The zero-order valence-electron chi connectivity index (χ0n) is 20.6. The van der Waals surface area contributed by atoms with E-state index in [4.69, 9.17) is 0 Å².